The minimum Gasteiger partial charge on any atom is -0.497 e. The smallest absolute Gasteiger partial charge is 0.357 e. The van der Waals surface area contributed by atoms with Crippen molar-refractivity contribution >= 4 is 13.3 Å². The number of benzene rings is 2. The molecule has 32 heavy (non-hydrogen) atoms. The first-order valence-corrected chi connectivity index (χ1v) is 12.0. The molecule has 0 aromatic heterocycles. The van der Waals surface area contributed by atoms with Gasteiger partial charge in [0.25, 0.3) is 0 Å². The summed E-state index contributed by atoms with van der Waals surface area (Å²) in [6.07, 6.45) is -0.663. The molecule has 0 saturated heterocycles. The van der Waals surface area contributed by atoms with E-state index in [1.54, 1.807) is 19.2 Å². The predicted octanol–water partition coefficient (Wildman–Crippen LogP) is 5.87. The summed E-state index contributed by atoms with van der Waals surface area (Å²) < 4.78 is 47.7. The third-order valence-electron chi connectivity index (χ3n) is 4.43. The minimum atomic E-state index is -3.73. The van der Waals surface area contributed by atoms with Gasteiger partial charge in [0.2, 0.25) is 5.75 Å². The Kier molecular flexibility index (Phi) is 9.25. The van der Waals surface area contributed by atoms with E-state index in [9.17, 15) is 4.57 Å². The predicted molar refractivity (Wildman–Crippen MR) is 126 cm³/mol. The monoisotopic (exact) mass is 467 g/mol. The van der Waals surface area contributed by atoms with E-state index in [2.05, 4.69) is 5.32 Å². The summed E-state index contributed by atoms with van der Waals surface area (Å²) in [4.78, 5) is 0. The van der Waals surface area contributed by atoms with Crippen LogP contribution in [0.5, 0.6) is 23.0 Å². The average Bonchev–Trinajstić information content (AvgIpc) is 2.75. The van der Waals surface area contributed by atoms with Crippen LogP contribution in [0.3, 0.4) is 0 Å². The zero-order valence-corrected chi connectivity index (χ0v) is 20.9. The molecular formula is C23H34NO7P. The van der Waals surface area contributed by atoms with Crippen LogP contribution in [0.1, 0.15) is 39.0 Å². The number of anilines is 1. The maximum Gasteiger partial charge on any atom is 0.357 e. The van der Waals surface area contributed by atoms with Crippen molar-refractivity contribution in [3.63, 3.8) is 0 Å². The van der Waals surface area contributed by atoms with E-state index >= 15 is 0 Å². The van der Waals surface area contributed by atoms with Gasteiger partial charge in [0, 0.05) is 5.69 Å². The lowest BCUT2D eigenvalue weighted by atomic mass is 10.1. The van der Waals surface area contributed by atoms with E-state index < -0.39 is 13.4 Å². The van der Waals surface area contributed by atoms with Crippen LogP contribution in [0.15, 0.2) is 36.4 Å². The first kappa shape index (κ1) is 25.8. The molecule has 0 aliphatic heterocycles. The fourth-order valence-corrected chi connectivity index (χ4v) is 5.47. The van der Waals surface area contributed by atoms with Gasteiger partial charge < -0.3 is 33.3 Å². The molecule has 8 nitrogen and oxygen atoms in total. The Labute approximate surface area is 190 Å². The molecular weight excluding hydrogens is 433 g/mol. The number of ether oxygens (including phenoxy) is 4. The molecule has 0 radical (unpaired) electrons. The number of hydrogen-bond acceptors (Lipinski definition) is 8. The third-order valence-corrected chi connectivity index (χ3v) is 6.92. The number of methoxy groups -OCH3 is 4. The Hall–Kier alpha value is -2.41. The van der Waals surface area contributed by atoms with Crippen LogP contribution in [0, 0.1) is 0 Å². The van der Waals surface area contributed by atoms with Crippen molar-refractivity contribution in [2.24, 2.45) is 0 Å². The SMILES string of the molecule is COc1ccc(NC(c2cc(OC)c(OC)c(OC)c2)P(=O)(OC(C)C)OC(C)C)cc1. The van der Waals surface area contributed by atoms with E-state index in [1.165, 1.54) is 21.3 Å². The summed E-state index contributed by atoms with van der Waals surface area (Å²) >= 11 is 0. The second kappa shape index (κ2) is 11.5. The Morgan fingerprint density at radius 1 is 0.750 bits per heavy atom. The standard InChI is InChI=1S/C23H34NO7P/c1-15(2)30-32(25,31-16(3)4)23(24-18-9-11-19(26-5)12-10-18)17-13-20(27-6)22(29-8)21(14-17)28-7/h9-16,23-24H,1-8H3. The van der Waals surface area contributed by atoms with Gasteiger partial charge in [0.15, 0.2) is 17.3 Å². The first-order valence-electron chi connectivity index (χ1n) is 10.3. The molecule has 1 unspecified atom stereocenters. The molecule has 9 heteroatoms. The fourth-order valence-electron chi connectivity index (χ4n) is 3.18. The topological polar surface area (TPSA) is 84.5 Å². The highest BCUT2D eigenvalue weighted by molar-refractivity contribution is 7.54. The van der Waals surface area contributed by atoms with Crippen molar-refractivity contribution in [2.75, 3.05) is 33.8 Å². The lowest BCUT2D eigenvalue weighted by Gasteiger charge is -2.31. The van der Waals surface area contributed by atoms with Crippen molar-refractivity contribution in [1.29, 1.82) is 0 Å². The molecule has 1 N–H and O–H groups in total. The van der Waals surface area contributed by atoms with Crippen molar-refractivity contribution in [3.8, 4) is 23.0 Å². The van der Waals surface area contributed by atoms with Crippen molar-refractivity contribution in [3.05, 3.63) is 42.0 Å². The van der Waals surface area contributed by atoms with Crippen molar-refractivity contribution in [1.82, 2.24) is 0 Å². The van der Waals surface area contributed by atoms with Crippen LogP contribution in [0.4, 0.5) is 5.69 Å². The highest BCUT2D eigenvalue weighted by atomic mass is 31.2. The second-order valence-corrected chi connectivity index (χ2v) is 9.60. The van der Waals surface area contributed by atoms with Crippen LogP contribution in [0.25, 0.3) is 0 Å². The van der Waals surface area contributed by atoms with Gasteiger partial charge in [-0.1, -0.05) is 0 Å². The van der Waals surface area contributed by atoms with Gasteiger partial charge in [-0.25, -0.2) is 0 Å². The quantitative estimate of drug-likeness (QED) is 0.388. The van der Waals surface area contributed by atoms with Gasteiger partial charge in [-0.3, -0.25) is 4.57 Å². The lowest BCUT2D eigenvalue weighted by molar-refractivity contribution is 0.138. The van der Waals surface area contributed by atoms with Gasteiger partial charge >= 0.3 is 7.60 Å². The van der Waals surface area contributed by atoms with Gasteiger partial charge in [-0.05, 0) is 69.7 Å². The normalized spacial score (nSPS) is 12.6. The Morgan fingerprint density at radius 2 is 1.25 bits per heavy atom. The number of hydrogen-bond donors (Lipinski definition) is 1. The fraction of sp³-hybridized carbons (Fsp3) is 0.478. The zero-order chi connectivity index (χ0) is 23.9. The maximum absolute atomic E-state index is 14.2. The molecule has 0 aliphatic rings. The minimum absolute atomic E-state index is 0.332. The van der Waals surface area contributed by atoms with Gasteiger partial charge in [-0.15, -0.1) is 0 Å². The highest BCUT2D eigenvalue weighted by Gasteiger charge is 2.40. The largest absolute Gasteiger partial charge is 0.497 e. The van der Waals surface area contributed by atoms with Crippen LogP contribution >= 0.6 is 7.60 Å². The molecule has 0 amide bonds. The van der Waals surface area contributed by atoms with E-state index in [-0.39, 0.29) is 12.2 Å². The molecule has 0 saturated carbocycles. The van der Waals surface area contributed by atoms with Crippen LogP contribution < -0.4 is 24.3 Å². The van der Waals surface area contributed by atoms with Crippen molar-refractivity contribution in [2.45, 2.75) is 45.7 Å². The average molecular weight is 467 g/mol. The molecule has 2 aromatic carbocycles. The summed E-state index contributed by atoms with van der Waals surface area (Å²) in [7, 11) is 2.46. The molecule has 2 rings (SSSR count). The Balaban J connectivity index is 2.67. The molecule has 0 heterocycles. The van der Waals surface area contributed by atoms with Crippen LogP contribution in [-0.2, 0) is 13.6 Å². The van der Waals surface area contributed by atoms with Crippen LogP contribution in [-0.4, -0.2) is 40.6 Å². The second-order valence-electron chi connectivity index (χ2n) is 7.58. The maximum atomic E-state index is 14.2. The number of rotatable bonds is 12. The molecule has 1 atom stereocenters. The molecule has 0 fully saturated rings. The highest BCUT2D eigenvalue weighted by Crippen LogP contribution is 2.63. The summed E-state index contributed by atoms with van der Waals surface area (Å²) in [5.74, 6) is 1.16. The Morgan fingerprint density at radius 3 is 1.62 bits per heavy atom. The summed E-state index contributed by atoms with van der Waals surface area (Å²) in [5.41, 5.74) is 1.31. The summed E-state index contributed by atoms with van der Waals surface area (Å²) in [6, 6.07) is 10.8. The summed E-state index contributed by atoms with van der Waals surface area (Å²) in [6.45, 7) is 7.26. The zero-order valence-electron chi connectivity index (χ0n) is 20.0. The lowest BCUT2D eigenvalue weighted by Crippen LogP contribution is -2.19. The van der Waals surface area contributed by atoms with E-state index in [1.807, 2.05) is 52.0 Å². The van der Waals surface area contributed by atoms with E-state index in [0.29, 0.717) is 34.2 Å². The molecule has 0 spiro atoms. The Bertz CT molecular complexity index is 876. The number of nitrogens with one attached hydrogen (secondary N) is 1. The van der Waals surface area contributed by atoms with Crippen molar-refractivity contribution < 1.29 is 32.6 Å². The van der Waals surface area contributed by atoms with Gasteiger partial charge in [0.05, 0.1) is 40.6 Å². The molecule has 0 aliphatic carbocycles. The third kappa shape index (κ3) is 6.31. The molecule has 0 bridgehead atoms. The molecule has 2 aromatic rings. The van der Waals surface area contributed by atoms with Gasteiger partial charge in [0.1, 0.15) is 5.75 Å². The van der Waals surface area contributed by atoms with E-state index in [4.69, 9.17) is 28.0 Å². The van der Waals surface area contributed by atoms with Gasteiger partial charge in [-0.2, -0.15) is 0 Å². The summed E-state index contributed by atoms with van der Waals surface area (Å²) in [5, 5.41) is 3.32. The van der Waals surface area contributed by atoms with Crippen LogP contribution in [0.2, 0.25) is 0 Å². The first-order chi connectivity index (χ1) is 15.2. The molecule has 178 valence electrons. The van der Waals surface area contributed by atoms with E-state index in [0.717, 1.165) is 0 Å².